The molecule has 0 amide bonds. The smallest absolute Gasteiger partial charge is 0.311 e. The van der Waals surface area contributed by atoms with E-state index in [1.165, 1.54) is 19.6 Å². The fourth-order valence-corrected chi connectivity index (χ4v) is 10.9. The minimum Gasteiger partial charge on any atom is -0.459 e. The Morgan fingerprint density at radius 2 is 1.62 bits per heavy atom. The molecule has 0 spiro atoms. The Hall–Kier alpha value is -2.65. The predicted molar refractivity (Wildman–Crippen MR) is 256 cm³/mol. The molecule has 5 rings (SSSR count). The number of methoxy groups -OCH3 is 1. The van der Waals surface area contributed by atoms with Crippen LogP contribution in [0.3, 0.4) is 0 Å². The highest BCUT2D eigenvalue weighted by Crippen LogP contribution is 2.40. The van der Waals surface area contributed by atoms with E-state index in [1.807, 2.05) is 63.6 Å². The molecule has 388 valence electrons. The van der Waals surface area contributed by atoms with Gasteiger partial charge < -0.3 is 63.8 Å². The van der Waals surface area contributed by atoms with Crippen LogP contribution in [0.2, 0.25) is 0 Å². The molecule has 0 aliphatic carbocycles. The zero-order valence-electron chi connectivity index (χ0n) is 43.2. The number of carbonyl (C=O) groups is 1. The topological polar surface area (TPSA) is 211 Å². The second-order valence-electron chi connectivity index (χ2n) is 21.3. The second kappa shape index (κ2) is 24.2. The average Bonchev–Trinajstić information content (AvgIpc) is 3.75. The molecule has 2 aromatic rings. The van der Waals surface area contributed by atoms with E-state index >= 15 is 0 Å². The first-order valence-electron chi connectivity index (χ1n) is 25.1. The molecule has 0 radical (unpaired) electrons. The SMILES string of the molecule is CC[C@H]1OC(=O)[C@H](C)[C@@H](O[C@H]2C[C@@](C)(OC)[C@@H](O)[C@H](C)O2)[C@H](C)[C@@H](O[C@@H]2O[C@H](C)C[C@H](N(C)CCc3cn(CCCCc4ccccc4)nn3)[C@H]2O)[C@](C)(O)C[C@@H](C)CN(C)[C@H](C)[C@@H](O)[C@]1(C)O. The molecule has 3 aliphatic rings. The molecule has 1 aromatic heterocycles. The number of aromatic nitrogens is 3. The third kappa shape index (κ3) is 13.8. The molecule has 1 aromatic carbocycles. The summed E-state index contributed by atoms with van der Waals surface area (Å²) in [5.41, 5.74) is -2.30. The summed E-state index contributed by atoms with van der Waals surface area (Å²) in [4.78, 5) is 18.5. The molecular weight excluding hydrogens is 875 g/mol. The number of nitrogens with zero attached hydrogens (tertiary/aromatic N) is 5. The standard InChI is InChI=1S/C51H87N5O12/c1-14-40-51(10,62)44(58)35(6)55(12)29-31(2)27-49(8,61)46(33(4)43(34(5)47(60)66-40)67-41-28-50(9,63-13)45(59)36(7)65-41)68-48-42(57)39(26-32(3)64-48)54(11)25-23-38-30-56(53-52-38)24-19-18-22-37-20-16-15-17-21-37/h15-17,20-21,30-36,39-46,48,57-59,61-62H,14,18-19,22-29H2,1-13H3/t31-,32-,33+,34-,35-,36+,39+,40-,41+,42-,43+,44-,45+,46-,48+,49-,50-,51-/m1/s1. The van der Waals surface area contributed by atoms with Crippen LogP contribution in [0.25, 0.3) is 0 Å². The van der Waals surface area contributed by atoms with Crippen molar-refractivity contribution in [2.45, 2.75) is 217 Å². The summed E-state index contributed by atoms with van der Waals surface area (Å²) < 4.78 is 40.2. The van der Waals surface area contributed by atoms with Gasteiger partial charge in [0.2, 0.25) is 0 Å². The van der Waals surface area contributed by atoms with Crippen molar-refractivity contribution in [1.29, 1.82) is 0 Å². The summed E-state index contributed by atoms with van der Waals surface area (Å²) in [5, 5.41) is 68.4. The molecule has 0 bridgehead atoms. The molecule has 18 atom stereocenters. The molecule has 68 heavy (non-hydrogen) atoms. The third-order valence-electron chi connectivity index (χ3n) is 15.4. The van der Waals surface area contributed by atoms with Gasteiger partial charge in [0.25, 0.3) is 0 Å². The number of likely N-dealkylation sites (N-methyl/N-ethyl adjacent to an activating group) is 2. The number of hydrogen-bond donors (Lipinski definition) is 5. The van der Waals surface area contributed by atoms with Crippen molar-refractivity contribution in [3.8, 4) is 0 Å². The van der Waals surface area contributed by atoms with Gasteiger partial charge in [0.05, 0.1) is 47.2 Å². The van der Waals surface area contributed by atoms with Crippen LogP contribution in [0.1, 0.15) is 119 Å². The fourth-order valence-electron chi connectivity index (χ4n) is 10.9. The predicted octanol–water partition coefficient (Wildman–Crippen LogP) is 4.13. The molecular formula is C51H87N5O12. The van der Waals surface area contributed by atoms with Crippen molar-refractivity contribution < 1.29 is 58.7 Å². The lowest BCUT2D eigenvalue weighted by Crippen LogP contribution is -2.61. The Balaban J connectivity index is 1.41. The van der Waals surface area contributed by atoms with Gasteiger partial charge in [0.15, 0.2) is 12.6 Å². The van der Waals surface area contributed by atoms with Gasteiger partial charge in [-0.3, -0.25) is 9.48 Å². The molecule has 0 saturated carbocycles. The molecule has 3 fully saturated rings. The first kappa shape index (κ1) is 56.3. The Bertz CT molecular complexity index is 1840. The van der Waals surface area contributed by atoms with E-state index in [2.05, 4.69) is 39.5 Å². The van der Waals surface area contributed by atoms with Crippen molar-refractivity contribution >= 4 is 5.97 Å². The van der Waals surface area contributed by atoms with Crippen LogP contribution in [-0.4, -0.2) is 181 Å². The minimum atomic E-state index is -1.82. The quantitative estimate of drug-likeness (QED) is 0.126. The van der Waals surface area contributed by atoms with Crippen LogP contribution in [0.5, 0.6) is 0 Å². The number of ether oxygens (including phenoxy) is 6. The van der Waals surface area contributed by atoms with Gasteiger partial charge in [-0.25, -0.2) is 0 Å². The van der Waals surface area contributed by atoms with Crippen LogP contribution in [0, 0.1) is 17.8 Å². The van der Waals surface area contributed by atoms with Gasteiger partial charge in [-0.05, 0) is 113 Å². The minimum absolute atomic E-state index is 0.114. The number of rotatable bonds is 15. The molecule has 17 nitrogen and oxygen atoms in total. The van der Waals surface area contributed by atoms with E-state index in [-0.39, 0.29) is 37.3 Å². The van der Waals surface area contributed by atoms with E-state index in [9.17, 15) is 30.3 Å². The monoisotopic (exact) mass is 962 g/mol. The molecule has 17 heteroatoms. The van der Waals surface area contributed by atoms with Crippen LogP contribution in [0.15, 0.2) is 36.5 Å². The second-order valence-corrected chi connectivity index (χ2v) is 21.3. The number of cyclic esters (lactones) is 1. The third-order valence-corrected chi connectivity index (χ3v) is 15.4. The highest BCUT2D eigenvalue weighted by molar-refractivity contribution is 5.73. The average molecular weight is 962 g/mol. The summed E-state index contributed by atoms with van der Waals surface area (Å²) in [6, 6.07) is 9.52. The maximum atomic E-state index is 14.5. The Morgan fingerprint density at radius 1 is 0.926 bits per heavy atom. The fraction of sp³-hybridized carbons (Fsp3) is 0.824. The van der Waals surface area contributed by atoms with Crippen molar-refractivity contribution in [2.75, 3.05) is 34.3 Å². The van der Waals surface area contributed by atoms with E-state index in [0.29, 0.717) is 25.9 Å². The maximum Gasteiger partial charge on any atom is 0.311 e. The first-order valence-corrected chi connectivity index (χ1v) is 25.1. The lowest BCUT2D eigenvalue weighted by Gasteiger charge is -2.49. The molecule has 5 N–H and O–H groups in total. The number of aliphatic hydroxyl groups excluding tert-OH is 3. The zero-order chi connectivity index (χ0) is 50.3. The van der Waals surface area contributed by atoms with Crippen molar-refractivity contribution in [2.24, 2.45) is 17.8 Å². The number of aliphatic hydroxyl groups is 5. The zero-order valence-corrected chi connectivity index (χ0v) is 43.2. The van der Waals surface area contributed by atoms with Gasteiger partial charge in [-0.1, -0.05) is 56.3 Å². The van der Waals surface area contributed by atoms with Gasteiger partial charge in [0, 0.05) is 63.8 Å². The van der Waals surface area contributed by atoms with Gasteiger partial charge in [-0.15, -0.1) is 5.10 Å². The van der Waals surface area contributed by atoms with Crippen molar-refractivity contribution in [3.05, 3.63) is 47.8 Å². The van der Waals surface area contributed by atoms with Gasteiger partial charge >= 0.3 is 5.97 Å². The number of carbonyl (C=O) groups excluding carboxylic acids is 1. The lowest BCUT2D eigenvalue weighted by atomic mass is 9.77. The van der Waals surface area contributed by atoms with Gasteiger partial charge in [0.1, 0.15) is 30.0 Å². The number of unbranched alkanes of at least 4 members (excludes halogenated alkanes) is 1. The van der Waals surface area contributed by atoms with E-state index < -0.39 is 96.0 Å². The van der Waals surface area contributed by atoms with Crippen LogP contribution >= 0.6 is 0 Å². The first-order chi connectivity index (χ1) is 31.9. The number of benzene rings is 1. The highest BCUT2D eigenvalue weighted by atomic mass is 16.7. The molecule has 4 heterocycles. The number of hydrogen-bond acceptors (Lipinski definition) is 16. The Labute approximate surface area is 405 Å². The van der Waals surface area contributed by atoms with Crippen molar-refractivity contribution in [1.82, 2.24) is 24.8 Å². The Kier molecular flexibility index (Phi) is 20.0. The number of esters is 1. The summed E-state index contributed by atoms with van der Waals surface area (Å²) in [6.07, 6.45) is -3.12. The largest absolute Gasteiger partial charge is 0.459 e. The maximum absolute atomic E-state index is 14.5. The van der Waals surface area contributed by atoms with E-state index in [0.717, 1.165) is 31.5 Å². The van der Waals surface area contributed by atoms with Crippen LogP contribution in [0.4, 0.5) is 0 Å². The van der Waals surface area contributed by atoms with Crippen LogP contribution in [-0.2, 0) is 52.6 Å². The van der Waals surface area contributed by atoms with Crippen molar-refractivity contribution in [3.63, 3.8) is 0 Å². The lowest BCUT2D eigenvalue weighted by molar-refractivity contribution is -0.318. The Morgan fingerprint density at radius 3 is 2.28 bits per heavy atom. The van der Waals surface area contributed by atoms with E-state index in [1.54, 1.807) is 34.6 Å². The van der Waals surface area contributed by atoms with E-state index in [4.69, 9.17) is 28.4 Å². The summed E-state index contributed by atoms with van der Waals surface area (Å²) in [5.74, 6) is -2.71. The normalized spacial score (nSPS) is 40.7. The molecule has 0 unspecified atom stereocenters. The number of aryl methyl sites for hydroxylation is 2. The molecule has 3 saturated heterocycles. The highest BCUT2D eigenvalue weighted by Gasteiger charge is 2.53. The van der Waals surface area contributed by atoms with Gasteiger partial charge in [-0.2, -0.15) is 0 Å². The molecule has 3 aliphatic heterocycles. The van der Waals surface area contributed by atoms with Crippen LogP contribution < -0.4 is 0 Å². The summed E-state index contributed by atoms with van der Waals surface area (Å²) in [6.45, 7) is 19.5. The summed E-state index contributed by atoms with van der Waals surface area (Å²) >= 11 is 0. The summed E-state index contributed by atoms with van der Waals surface area (Å²) in [7, 11) is 5.32.